The first-order chi connectivity index (χ1) is 12.1. The van der Waals surface area contributed by atoms with E-state index in [9.17, 15) is 4.79 Å². The largest absolute Gasteiger partial charge is 0.461 e. The van der Waals surface area contributed by atoms with Gasteiger partial charge in [0.2, 0.25) is 0 Å². The van der Waals surface area contributed by atoms with Crippen molar-refractivity contribution in [2.75, 3.05) is 6.54 Å². The lowest BCUT2D eigenvalue weighted by molar-refractivity contribution is -0.152. The first-order valence-corrected chi connectivity index (χ1v) is 9.74. The van der Waals surface area contributed by atoms with Gasteiger partial charge < -0.3 is 4.74 Å². The van der Waals surface area contributed by atoms with Gasteiger partial charge in [0.25, 0.3) is 0 Å². The van der Waals surface area contributed by atoms with Crippen LogP contribution in [0.4, 0.5) is 0 Å². The van der Waals surface area contributed by atoms with Gasteiger partial charge in [0.05, 0.1) is 5.92 Å². The first-order valence-electron chi connectivity index (χ1n) is 9.74. The third-order valence-corrected chi connectivity index (χ3v) is 5.81. The number of carbonyl (C=O) groups is 1. The van der Waals surface area contributed by atoms with Crippen LogP contribution in [0.25, 0.3) is 0 Å². The molecule has 3 heteroatoms. The van der Waals surface area contributed by atoms with Crippen molar-refractivity contribution in [1.29, 1.82) is 0 Å². The molecule has 1 aromatic carbocycles. The van der Waals surface area contributed by atoms with Crippen molar-refractivity contribution in [3.05, 3.63) is 48.0 Å². The van der Waals surface area contributed by atoms with E-state index in [1.807, 2.05) is 37.3 Å². The lowest BCUT2D eigenvalue weighted by Gasteiger charge is -2.30. The van der Waals surface area contributed by atoms with Crippen LogP contribution in [0.5, 0.6) is 0 Å². The molecule has 3 rings (SSSR count). The molecule has 0 radical (unpaired) electrons. The average molecular weight is 341 g/mol. The van der Waals surface area contributed by atoms with Crippen molar-refractivity contribution >= 4 is 5.97 Å². The van der Waals surface area contributed by atoms with Crippen LogP contribution >= 0.6 is 0 Å². The standard InChI is InChI=1S/C22H31NO2/c1-16-13-14-17(2)23(16)15-18(3)25-22(24)21(20-11-7-8-12-20)19-9-5-4-6-10-19/h4-7,9-11,16-18,20-21H,8,12-15H2,1-3H3. The van der Waals surface area contributed by atoms with Crippen LogP contribution in [0.15, 0.2) is 42.5 Å². The van der Waals surface area contributed by atoms with E-state index in [-0.39, 0.29) is 23.9 Å². The Balaban J connectivity index is 1.67. The molecular weight excluding hydrogens is 310 g/mol. The van der Waals surface area contributed by atoms with Crippen molar-refractivity contribution in [2.24, 2.45) is 5.92 Å². The molecular formula is C22H31NO2. The molecule has 5 atom stereocenters. The number of rotatable bonds is 6. The quantitative estimate of drug-likeness (QED) is 0.562. The molecule has 3 nitrogen and oxygen atoms in total. The maximum Gasteiger partial charge on any atom is 0.314 e. The summed E-state index contributed by atoms with van der Waals surface area (Å²) in [5.41, 5.74) is 1.07. The summed E-state index contributed by atoms with van der Waals surface area (Å²) < 4.78 is 5.92. The Morgan fingerprint density at radius 3 is 2.44 bits per heavy atom. The van der Waals surface area contributed by atoms with Crippen LogP contribution in [0.3, 0.4) is 0 Å². The third kappa shape index (κ3) is 4.33. The summed E-state index contributed by atoms with van der Waals surface area (Å²) >= 11 is 0. The number of carbonyl (C=O) groups excluding carboxylic acids is 1. The number of esters is 1. The van der Waals surface area contributed by atoms with Crippen LogP contribution in [-0.4, -0.2) is 35.6 Å². The first kappa shape index (κ1) is 18.2. The normalized spacial score (nSPS) is 28.8. The number of allylic oxidation sites excluding steroid dienone is 2. The molecule has 1 aliphatic heterocycles. The van der Waals surface area contributed by atoms with Crippen LogP contribution < -0.4 is 0 Å². The molecule has 1 heterocycles. The number of nitrogens with zero attached hydrogens (tertiary/aromatic N) is 1. The summed E-state index contributed by atoms with van der Waals surface area (Å²) in [5.74, 6) is -0.00249. The highest BCUT2D eigenvalue weighted by Gasteiger charge is 2.33. The lowest BCUT2D eigenvalue weighted by Crippen LogP contribution is -2.40. The van der Waals surface area contributed by atoms with Crippen molar-refractivity contribution in [3.63, 3.8) is 0 Å². The number of hydrogen-bond donors (Lipinski definition) is 0. The Hall–Kier alpha value is -1.61. The van der Waals surface area contributed by atoms with Gasteiger partial charge in [0.15, 0.2) is 0 Å². The molecule has 1 aliphatic carbocycles. The predicted octanol–water partition coefficient (Wildman–Crippen LogP) is 4.54. The summed E-state index contributed by atoms with van der Waals surface area (Å²) in [4.78, 5) is 15.5. The van der Waals surface area contributed by atoms with Gasteiger partial charge in [-0.3, -0.25) is 9.69 Å². The minimum absolute atomic E-state index is 0.0743. The maximum atomic E-state index is 13.0. The minimum atomic E-state index is -0.184. The summed E-state index contributed by atoms with van der Waals surface area (Å²) in [6, 6.07) is 11.3. The molecule has 1 fully saturated rings. The summed E-state index contributed by atoms with van der Waals surface area (Å²) in [7, 11) is 0. The Morgan fingerprint density at radius 1 is 1.16 bits per heavy atom. The molecule has 25 heavy (non-hydrogen) atoms. The highest BCUT2D eigenvalue weighted by atomic mass is 16.5. The monoisotopic (exact) mass is 341 g/mol. The van der Waals surface area contributed by atoms with Crippen molar-refractivity contribution in [2.45, 2.75) is 70.6 Å². The van der Waals surface area contributed by atoms with E-state index in [1.165, 1.54) is 12.8 Å². The molecule has 0 spiro atoms. The van der Waals surface area contributed by atoms with Crippen LogP contribution in [0.1, 0.15) is 57.9 Å². The Labute approximate surface area is 152 Å². The van der Waals surface area contributed by atoms with E-state index in [0.29, 0.717) is 12.1 Å². The molecule has 1 aromatic rings. The second-order valence-electron chi connectivity index (χ2n) is 7.78. The van der Waals surface area contributed by atoms with Gasteiger partial charge in [-0.1, -0.05) is 42.5 Å². The molecule has 0 saturated carbocycles. The van der Waals surface area contributed by atoms with E-state index in [0.717, 1.165) is 24.9 Å². The van der Waals surface area contributed by atoms with Gasteiger partial charge in [-0.05, 0) is 57.9 Å². The fourth-order valence-corrected chi connectivity index (χ4v) is 4.37. The van der Waals surface area contributed by atoms with Crippen molar-refractivity contribution in [1.82, 2.24) is 4.90 Å². The van der Waals surface area contributed by atoms with Crippen LogP contribution in [0.2, 0.25) is 0 Å². The minimum Gasteiger partial charge on any atom is -0.461 e. The topological polar surface area (TPSA) is 29.5 Å². The highest BCUT2D eigenvalue weighted by molar-refractivity contribution is 5.79. The fraction of sp³-hybridized carbons (Fsp3) is 0.591. The zero-order valence-electron chi connectivity index (χ0n) is 15.7. The third-order valence-electron chi connectivity index (χ3n) is 5.81. The van der Waals surface area contributed by atoms with E-state index in [4.69, 9.17) is 4.74 Å². The van der Waals surface area contributed by atoms with Gasteiger partial charge in [0.1, 0.15) is 6.10 Å². The van der Waals surface area contributed by atoms with Crippen molar-refractivity contribution in [3.8, 4) is 0 Å². The van der Waals surface area contributed by atoms with E-state index in [1.54, 1.807) is 0 Å². The molecule has 0 amide bonds. The van der Waals surface area contributed by atoms with E-state index < -0.39 is 0 Å². The number of hydrogen-bond acceptors (Lipinski definition) is 3. The predicted molar refractivity (Wildman–Crippen MR) is 101 cm³/mol. The SMILES string of the molecule is CC(CN1C(C)CCC1C)OC(=O)C(c1ccccc1)C1C=CCC1. The molecule has 1 saturated heterocycles. The van der Waals surface area contributed by atoms with Crippen LogP contribution in [-0.2, 0) is 9.53 Å². The maximum absolute atomic E-state index is 13.0. The van der Waals surface area contributed by atoms with Crippen molar-refractivity contribution < 1.29 is 9.53 Å². The van der Waals surface area contributed by atoms with Gasteiger partial charge in [-0.15, -0.1) is 0 Å². The Morgan fingerprint density at radius 2 is 1.84 bits per heavy atom. The molecule has 136 valence electrons. The van der Waals surface area contributed by atoms with Crippen LogP contribution in [0, 0.1) is 5.92 Å². The second-order valence-corrected chi connectivity index (χ2v) is 7.78. The molecule has 0 aromatic heterocycles. The molecule has 2 aliphatic rings. The van der Waals surface area contributed by atoms with E-state index in [2.05, 4.69) is 30.9 Å². The van der Waals surface area contributed by atoms with Gasteiger partial charge in [0, 0.05) is 18.6 Å². The average Bonchev–Trinajstić information content (AvgIpc) is 3.22. The molecule has 0 N–H and O–H groups in total. The van der Waals surface area contributed by atoms with Gasteiger partial charge in [-0.2, -0.15) is 0 Å². The number of benzene rings is 1. The number of likely N-dealkylation sites (tertiary alicyclic amines) is 1. The zero-order valence-corrected chi connectivity index (χ0v) is 15.7. The molecule has 5 unspecified atom stereocenters. The summed E-state index contributed by atoms with van der Waals surface area (Å²) in [5, 5.41) is 0. The molecule has 0 bridgehead atoms. The highest BCUT2D eigenvalue weighted by Crippen LogP contribution is 2.34. The Kier molecular flexibility index (Phi) is 5.95. The van der Waals surface area contributed by atoms with E-state index >= 15 is 0 Å². The zero-order chi connectivity index (χ0) is 17.8. The lowest BCUT2D eigenvalue weighted by atomic mass is 9.85. The number of ether oxygens (including phenoxy) is 1. The van der Waals surface area contributed by atoms with Gasteiger partial charge in [-0.25, -0.2) is 0 Å². The smallest absolute Gasteiger partial charge is 0.314 e. The summed E-state index contributed by atoms with van der Waals surface area (Å²) in [6.45, 7) is 7.40. The fourth-order valence-electron chi connectivity index (χ4n) is 4.37. The second kappa shape index (κ2) is 8.18. The summed E-state index contributed by atoms with van der Waals surface area (Å²) in [6.07, 6.45) is 8.86. The Bertz CT molecular complexity index is 587. The van der Waals surface area contributed by atoms with Gasteiger partial charge >= 0.3 is 5.97 Å².